The van der Waals surface area contributed by atoms with Gasteiger partial charge in [0, 0.05) is 18.2 Å². The Labute approximate surface area is 315 Å². The quantitative estimate of drug-likeness (QED) is 0.115. The standard InChI is InChI=1S/C43H47N7O4/c1-25(2)38(49-43(53)54-3)42(52)50-21-7-10-35(50)39-44-23-33(47-39)28-15-11-26(12-16-28)27-13-17-29(18-14-27)34-24-45-40(48-34)36-30-19-20-31(22-30)37(36)41(51)46-32-8-5-4-6-9-32/h4-6,8-9,11-18,23-25,30-31,35-38H,7,10,19-22H2,1-3H3,(H,44,47)(H,45,48)(H,46,51)(H,49,53)/t30?,31?,35-,36+,37+,38-/m0/s1. The lowest BCUT2D eigenvalue weighted by Crippen LogP contribution is -2.51. The summed E-state index contributed by atoms with van der Waals surface area (Å²) >= 11 is 0. The first-order valence-corrected chi connectivity index (χ1v) is 19.1. The molecule has 3 amide bonds. The van der Waals surface area contributed by atoms with E-state index in [2.05, 4.69) is 74.1 Å². The largest absolute Gasteiger partial charge is 0.453 e. The van der Waals surface area contributed by atoms with Gasteiger partial charge in [0.2, 0.25) is 11.8 Å². The number of carbonyl (C=O) groups excluding carboxylic acids is 3. The number of aromatic amines is 2. The number of nitrogens with zero attached hydrogens (tertiary/aromatic N) is 3. The average molecular weight is 726 g/mol. The molecule has 3 fully saturated rings. The number of alkyl carbamates (subject to hydrolysis) is 1. The van der Waals surface area contributed by atoms with Gasteiger partial charge in [0.25, 0.3) is 0 Å². The molecule has 2 bridgehead atoms. The molecule has 3 heterocycles. The van der Waals surface area contributed by atoms with Crippen LogP contribution in [0.2, 0.25) is 0 Å². The zero-order valence-corrected chi connectivity index (χ0v) is 30.9. The predicted octanol–water partition coefficient (Wildman–Crippen LogP) is 7.95. The van der Waals surface area contributed by atoms with E-state index in [1.54, 1.807) is 0 Å². The number of likely N-dealkylation sites (tertiary alicyclic amines) is 1. The van der Waals surface area contributed by atoms with Crippen LogP contribution in [0.25, 0.3) is 33.6 Å². The molecule has 2 aromatic heterocycles. The van der Waals surface area contributed by atoms with Gasteiger partial charge in [-0.05, 0) is 84.2 Å². The van der Waals surface area contributed by atoms with E-state index in [0.29, 0.717) is 18.4 Å². The van der Waals surface area contributed by atoms with Crippen molar-refractivity contribution in [1.29, 1.82) is 0 Å². The number of anilines is 1. The molecule has 54 heavy (non-hydrogen) atoms. The first-order valence-electron chi connectivity index (χ1n) is 19.1. The first kappa shape index (κ1) is 35.3. The Morgan fingerprint density at radius 1 is 0.778 bits per heavy atom. The van der Waals surface area contributed by atoms with Crippen molar-refractivity contribution in [2.24, 2.45) is 23.7 Å². The van der Waals surface area contributed by atoms with Crippen molar-refractivity contribution in [3.63, 3.8) is 0 Å². The van der Waals surface area contributed by atoms with Gasteiger partial charge >= 0.3 is 6.09 Å². The highest BCUT2D eigenvalue weighted by molar-refractivity contribution is 5.93. The minimum Gasteiger partial charge on any atom is -0.453 e. The molecule has 1 saturated heterocycles. The second kappa shape index (κ2) is 15.0. The van der Waals surface area contributed by atoms with E-state index in [9.17, 15) is 14.4 Å². The van der Waals surface area contributed by atoms with Gasteiger partial charge in [-0.25, -0.2) is 14.8 Å². The Kier molecular flexibility index (Phi) is 9.79. The molecule has 3 aliphatic rings. The monoisotopic (exact) mass is 725 g/mol. The van der Waals surface area contributed by atoms with Crippen LogP contribution in [0.1, 0.15) is 69.6 Å². The fourth-order valence-electron chi connectivity index (χ4n) is 8.99. The number of rotatable bonds is 10. The van der Waals surface area contributed by atoms with Crippen molar-refractivity contribution >= 4 is 23.6 Å². The van der Waals surface area contributed by atoms with Crippen molar-refractivity contribution in [2.45, 2.75) is 64.0 Å². The molecule has 0 radical (unpaired) electrons. The normalized spacial score (nSPS) is 22.4. The Morgan fingerprint density at radius 3 is 2.00 bits per heavy atom. The molecule has 2 aliphatic carbocycles. The number of benzene rings is 3. The molecule has 4 N–H and O–H groups in total. The van der Waals surface area contributed by atoms with Crippen LogP contribution in [0.3, 0.4) is 0 Å². The number of nitrogens with one attached hydrogen (secondary N) is 4. The maximum absolute atomic E-state index is 13.5. The lowest BCUT2D eigenvalue weighted by molar-refractivity contribution is -0.135. The fraction of sp³-hybridized carbons (Fsp3) is 0.372. The van der Waals surface area contributed by atoms with Gasteiger partial charge in [0.1, 0.15) is 17.7 Å². The molecule has 8 rings (SSSR count). The van der Waals surface area contributed by atoms with Crippen molar-refractivity contribution < 1.29 is 19.1 Å². The SMILES string of the molecule is COC(=O)N[C@H](C(=O)N1CCC[C@H]1c1ncc(-c2ccc(-c3ccc(-c4cnc([C@@H]5C6CCC(C6)[C@H]5C(=O)Nc5ccccc5)[nH]4)cc3)cc2)[nH]1)C(C)C. The van der Waals surface area contributed by atoms with Gasteiger partial charge < -0.3 is 30.2 Å². The van der Waals surface area contributed by atoms with E-state index >= 15 is 0 Å². The molecule has 2 saturated carbocycles. The highest BCUT2D eigenvalue weighted by atomic mass is 16.5. The smallest absolute Gasteiger partial charge is 0.407 e. The van der Waals surface area contributed by atoms with Crippen molar-refractivity contribution in [3.05, 3.63) is 103 Å². The maximum Gasteiger partial charge on any atom is 0.407 e. The Bertz CT molecular complexity index is 2110. The van der Waals surface area contributed by atoms with E-state index < -0.39 is 12.1 Å². The number of H-pyrrole nitrogens is 2. The van der Waals surface area contributed by atoms with Gasteiger partial charge in [0.15, 0.2) is 0 Å². The molecule has 0 spiro atoms. The van der Waals surface area contributed by atoms with Gasteiger partial charge in [-0.1, -0.05) is 80.6 Å². The average Bonchev–Trinajstić information content (AvgIpc) is 4.05. The van der Waals surface area contributed by atoms with Crippen LogP contribution in [-0.4, -0.2) is 62.4 Å². The van der Waals surface area contributed by atoms with Gasteiger partial charge in [-0.2, -0.15) is 0 Å². The highest BCUT2D eigenvalue weighted by Crippen LogP contribution is 2.56. The number of para-hydroxylation sites is 1. The number of ether oxygens (including phenoxy) is 1. The number of methoxy groups -OCH3 is 1. The van der Waals surface area contributed by atoms with E-state index in [4.69, 9.17) is 9.72 Å². The van der Waals surface area contributed by atoms with Crippen molar-refractivity contribution in [3.8, 4) is 33.6 Å². The molecular weight excluding hydrogens is 679 g/mol. The molecule has 3 aromatic carbocycles. The van der Waals surface area contributed by atoms with E-state index in [1.807, 2.05) is 61.5 Å². The van der Waals surface area contributed by atoms with Crippen LogP contribution < -0.4 is 10.6 Å². The molecule has 1 aliphatic heterocycles. The number of hydrogen-bond acceptors (Lipinski definition) is 6. The summed E-state index contributed by atoms with van der Waals surface area (Å²) in [5.74, 6) is 2.41. The minimum absolute atomic E-state index is 0.0809. The summed E-state index contributed by atoms with van der Waals surface area (Å²) < 4.78 is 4.76. The molecule has 6 atom stereocenters. The summed E-state index contributed by atoms with van der Waals surface area (Å²) in [5.41, 5.74) is 6.91. The zero-order chi connectivity index (χ0) is 37.3. The topological polar surface area (TPSA) is 145 Å². The molecular formula is C43H47N7O4. The van der Waals surface area contributed by atoms with Crippen molar-refractivity contribution in [2.75, 3.05) is 19.0 Å². The molecule has 5 aromatic rings. The molecule has 2 unspecified atom stereocenters. The third kappa shape index (κ3) is 6.90. The second-order valence-electron chi connectivity index (χ2n) is 15.3. The number of fused-ring (bicyclic) bond motifs is 2. The predicted molar refractivity (Wildman–Crippen MR) is 207 cm³/mol. The van der Waals surface area contributed by atoms with E-state index in [0.717, 1.165) is 83.1 Å². The summed E-state index contributed by atoms with van der Waals surface area (Å²) in [6.07, 6.45) is 8.09. The maximum atomic E-state index is 13.5. The summed E-state index contributed by atoms with van der Waals surface area (Å²) in [4.78, 5) is 57.4. The number of imidazole rings is 2. The Balaban J connectivity index is 0.929. The third-order valence-corrected chi connectivity index (χ3v) is 11.7. The van der Waals surface area contributed by atoms with Crippen LogP contribution in [-0.2, 0) is 14.3 Å². The lowest BCUT2D eigenvalue weighted by atomic mass is 9.78. The van der Waals surface area contributed by atoms with Gasteiger partial charge in [-0.15, -0.1) is 0 Å². The number of carbonyl (C=O) groups is 3. The molecule has 278 valence electrons. The Morgan fingerprint density at radius 2 is 1.37 bits per heavy atom. The number of hydrogen-bond donors (Lipinski definition) is 4. The minimum atomic E-state index is -0.675. The Hall–Kier alpha value is -5.71. The third-order valence-electron chi connectivity index (χ3n) is 11.7. The zero-order valence-electron chi connectivity index (χ0n) is 30.9. The van der Waals surface area contributed by atoms with Crippen LogP contribution in [0.5, 0.6) is 0 Å². The molecule has 11 heteroatoms. The highest BCUT2D eigenvalue weighted by Gasteiger charge is 2.52. The van der Waals surface area contributed by atoms with Crippen LogP contribution in [0.15, 0.2) is 91.3 Å². The van der Waals surface area contributed by atoms with Gasteiger partial charge in [0.05, 0.1) is 42.9 Å². The lowest BCUT2D eigenvalue weighted by Gasteiger charge is -2.30. The van der Waals surface area contributed by atoms with Crippen molar-refractivity contribution in [1.82, 2.24) is 30.2 Å². The first-order chi connectivity index (χ1) is 26.3. The summed E-state index contributed by atoms with van der Waals surface area (Å²) in [5, 5.41) is 5.86. The van der Waals surface area contributed by atoms with E-state index in [-0.39, 0.29) is 35.6 Å². The summed E-state index contributed by atoms with van der Waals surface area (Å²) in [6, 6.07) is 25.7. The van der Waals surface area contributed by atoms with E-state index in [1.165, 1.54) is 7.11 Å². The fourth-order valence-corrected chi connectivity index (χ4v) is 8.99. The summed E-state index contributed by atoms with van der Waals surface area (Å²) in [6.45, 7) is 4.43. The summed E-state index contributed by atoms with van der Waals surface area (Å²) in [7, 11) is 1.30. The number of aromatic nitrogens is 4. The second-order valence-corrected chi connectivity index (χ2v) is 15.3. The van der Waals surface area contributed by atoms with Crippen LogP contribution >= 0.6 is 0 Å². The number of amides is 3. The van der Waals surface area contributed by atoms with Gasteiger partial charge in [-0.3, -0.25) is 9.59 Å². The molecule has 11 nitrogen and oxygen atoms in total. The van der Waals surface area contributed by atoms with Crippen LogP contribution in [0.4, 0.5) is 10.5 Å². The van der Waals surface area contributed by atoms with Crippen LogP contribution in [0, 0.1) is 23.7 Å².